The van der Waals surface area contributed by atoms with Gasteiger partial charge in [-0.15, -0.1) is 24.0 Å². The lowest BCUT2D eigenvalue weighted by Crippen LogP contribution is -2.38. The summed E-state index contributed by atoms with van der Waals surface area (Å²) in [4.78, 5) is 8.82. The quantitative estimate of drug-likeness (QED) is 0.412. The Morgan fingerprint density at radius 2 is 2.00 bits per heavy atom. The van der Waals surface area contributed by atoms with Gasteiger partial charge in [-0.3, -0.25) is 4.98 Å². The topological polar surface area (TPSA) is 49.3 Å². The van der Waals surface area contributed by atoms with E-state index in [0.29, 0.717) is 6.54 Å². The summed E-state index contributed by atoms with van der Waals surface area (Å²) in [5.41, 5.74) is 5.07. The second-order valence-corrected chi connectivity index (χ2v) is 5.66. The zero-order chi connectivity index (χ0) is 16.5. The first-order chi connectivity index (χ1) is 11.2. The first-order valence-electron chi connectivity index (χ1n) is 8.16. The van der Waals surface area contributed by atoms with E-state index in [1.54, 1.807) is 6.20 Å². The number of aromatic nitrogens is 1. The zero-order valence-electron chi connectivity index (χ0n) is 14.7. The van der Waals surface area contributed by atoms with Crippen LogP contribution in [0, 0.1) is 13.8 Å². The van der Waals surface area contributed by atoms with Gasteiger partial charge in [-0.1, -0.05) is 29.8 Å². The summed E-state index contributed by atoms with van der Waals surface area (Å²) in [6, 6.07) is 10.6. The molecule has 0 saturated heterocycles. The summed E-state index contributed by atoms with van der Waals surface area (Å²) >= 11 is 0. The van der Waals surface area contributed by atoms with Crippen molar-refractivity contribution in [2.24, 2.45) is 4.99 Å². The van der Waals surface area contributed by atoms with Crippen molar-refractivity contribution in [3.05, 3.63) is 65.0 Å². The molecular formula is C19H27IN4. The Balaban J connectivity index is 0.00000288. The molecule has 0 atom stereocenters. The van der Waals surface area contributed by atoms with E-state index >= 15 is 0 Å². The molecule has 0 aliphatic carbocycles. The van der Waals surface area contributed by atoms with Gasteiger partial charge in [0.15, 0.2) is 5.96 Å². The molecule has 0 saturated carbocycles. The molecule has 0 fully saturated rings. The van der Waals surface area contributed by atoms with Crippen molar-refractivity contribution in [3.63, 3.8) is 0 Å². The summed E-state index contributed by atoms with van der Waals surface area (Å²) in [7, 11) is 0. The van der Waals surface area contributed by atoms with Gasteiger partial charge in [0.05, 0.1) is 6.54 Å². The number of halogens is 1. The van der Waals surface area contributed by atoms with E-state index in [9.17, 15) is 0 Å². The molecular weight excluding hydrogens is 411 g/mol. The molecule has 0 aliphatic rings. The van der Waals surface area contributed by atoms with E-state index in [1.165, 1.54) is 22.3 Å². The largest absolute Gasteiger partial charge is 0.357 e. The molecule has 1 aromatic heterocycles. The highest BCUT2D eigenvalue weighted by atomic mass is 127. The van der Waals surface area contributed by atoms with Crippen LogP contribution in [0.25, 0.3) is 0 Å². The van der Waals surface area contributed by atoms with E-state index in [1.807, 2.05) is 12.3 Å². The van der Waals surface area contributed by atoms with Gasteiger partial charge in [-0.25, -0.2) is 4.99 Å². The van der Waals surface area contributed by atoms with E-state index in [4.69, 9.17) is 0 Å². The van der Waals surface area contributed by atoms with Gasteiger partial charge in [0.25, 0.3) is 0 Å². The number of nitrogens with one attached hydrogen (secondary N) is 2. The second-order valence-electron chi connectivity index (χ2n) is 5.66. The Morgan fingerprint density at radius 3 is 2.67 bits per heavy atom. The predicted molar refractivity (Wildman–Crippen MR) is 112 cm³/mol. The Labute approximate surface area is 162 Å². The van der Waals surface area contributed by atoms with Crippen molar-refractivity contribution in [1.82, 2.24) is 15.6 Å². The summed E-state index contributed by atoms with van der Waals surface area (Å²) in [6.45, 7) is 8.71. The molecule has 0 radical (unpaired) electrons. The highest BCUT2D eigenvalue weighted by Gasteiger charge is 2.01. The Kier molecular flexibility index (Phi) is 9.37. The minimum absolute atomic E-state index is 0. The highest BCUT2D eigenvalue weighted by Crippen LogP contribution is 2.11. The van der Waals surface area contributed by atoms with Crippen molar-refractivity contribution in [1.29, 1.82) is 0 Å². The normalized spacial score (nSPS) is 10.9. The van der Waals surface area contributed by atoms with Gasteiger partial charge in [-0.2, -0.15) is 0 Å². The number of hydrogen-bond donors (Lipinski definition) is 2. The van der Waals surface area contributed by atoms with Crippen molar-refractivity contribution >= 4 is 29.9 Å². The van der Waals surface area contributed by atoms with Crippen LogP contribution in [0.15, 0.2) is 47.7 Å². The third-order valence-corrected chi connectivity index (χ3v) is 3.68. The van der Waals surface area contributed by atoms with Crippen LogP contribution in [-0.2, 0) is 13.0 Å². The van der Waals surface area contributed by atoms with Gasteiger partial charge in [0, 0.05) is 25.5 Å². The molecule has 1 heterocycles. The monoisotopic (exact) mass is 438 g/mol. The summed E-state index contributed by atoms with van der Waals surface area (Å²) in [5, 5.41) is 6.67. The van der Waals surface area contributed by atoms with Gasteiger partial charge < -0.3 is 10.6 Å². The maximum Gasteiger partial charge on any atom is 0.191 e. The minimum Gasteiger partial charge on any atom is -0.357 e. The smallest absolute Gasteiger partial charge is 0.191 e. The number of rotatable bonds is 6. The third-order valence-electron chi connectivity index (χ3n) is 3.68. The van der Waals surface area contributed by atoms with E-state index in [0.717, 1.165) is 25.5 Å². The molecule has 0 amide bonds. The van der Waals surface area contributed by atoms with Crippen molar-refractivity contribution in [2.45, 2.75) is 33.7 Å². The second kappa shape index (κ2) is 11.0. The molecule has 130 valence electrons. The lowest BCUT2D eigenvalue weighted by atomic mass is 10.1. The maximum absolute atomic E-state index is 4.68. The lowest BCUT2D eigenvalue weighted by Gasteiger charge is -2.12. The molecule has 2 rings (SSSR count). The summed E-state index contributed by atoms with van der Waals surface area (Å²) in [6.07, 6.45) is 4.63. The maximum atomic E-state index is 4.68. The van der Waals surface area contributed by atoms with Gasteiger partial charge in [0.1, 0.15) is 0 Å². The molecule has 24 heavy (non-hydrogen) atoms. The first-order valence-corrected chi connectivity index (χ1v) is 8.16. The number of benzene rings is 1. The van der Waals surface area contributed by atoms with Crippen LogP contribution < -0.4 is 10.6 Å². The van der Waals surface area contributed by atoms with E-state index in [-0.39, 0.29) is 24.0 Å². The molecule has 0 spiro atoms. The fraction of sp³-hybridized carbons (Fsp3) is 0.368. The van der Waals surface area contributed by atoms with Crippen LogP contribution in [0.4, 0.5) is 0 Å². The fourth-order valence-electron chi connectivity index (χ4n) is 2.40. The average molecular weight is 438 g/mol. The summed E-state index contributed by atoms with van der Waals surface area (Å²) < 4.78 is 0. The minimum atomic E-state index is 0. The standard InChI is InChI=1S/C19H26N4.HI/c1-4-21-19(22-11-9-17-6-5-10-20-13-17)23-14-18-8-7-15(2)12-16(18)3;/h5-8,10,12-13H,4,9,11,14H2,1-3H3,(H2,21,22,23);1H. The van der Waals surface area contributed by atoms with Crippen molar-refractivity contribution < 1.29 is 0 Å². The van der Waals surface area contributed by atoms with Crippen LogP contribution in [-0.4, -0.2) is 24.0 Å². The number of guanidine groups is 1. The van der Waals surface area contributed by atoms with Gasteiger partial charge in [-0.05, 0) is 49.9 Å². The molecule has 2 aromatic rings. The lowest BCUT2D eigenvalue weighted by molar-refractivity contribution is 0.797. The molecule has 0 unspecified atom stereocenters. The summed E-state index contributed by atoms with van der Waals surface area (Å²) in [5.74, 6) is 0.858. The first kappa shape index (κ1) is 20.4. The highest BCUT2D eigenvalue weighted by molar-refractivity contribution is 14.0. The van der Waals surface area contributed by atoms with Crippen molar-refractivity contribution in [2.75, 3.05) is 13.1 Å². The number of aliphatic imine (C=N–C) groups is 1. The Hall–Kier alpha value is -1.63. The fourth-order valence-corrected chi connectivity index (χ4v) is 2.40. The van der Waals surface area contributed by atoms with Gasteiger partial charge in [0.2, 0.25) is 0 Å². The number of aryl methyl sites for hydroxylation is 2. The van der Waals surface area contributed by atoms with Crippen molar-refractivity contribution in [3.8, 4) is 0 Å². The molecule has 4 nitrogen and oxygen atoms in total. The van der Waals surface area contributed by atoms with Gasteiger partial charge >= 0.3 is 0 Å². The molecule has 5 heteroatoms. The van der Waals surface area contributed by atoms with Crippen LogP contribution in [0.1, 0.15) is 29.2 Å². The molecule has 0 bridgehead atoms. The average Bonchev–Trinajstić information content (AvgIpc) is 2.55. The third kappa shape index (κ3) is 6.86. The Morgan fingerprint density at radius 1 is 1.17 bits per heavy atom. The van der Waals surface area contributed by atoms with E-state index in [2.05, 4.69) is 65.6 Å². The van der Waals surface area contributed by atoms with Crippen LogP contribution in [0.2, 0.25) is 0 Å². The molecule has 1 aromatic carbocycles. The van der Waals surface area contributed by atoms with Crippen LogP contribution in [0.5, 0.6) is 0 Å². The predicted octanol–water partition coefficient (Wildman–Crippen LogP) is 3.61. The molecule has 0 aliphatic heterocycles. The van der Waals surface area contributed by atoms with E-state index < -0.39 is 0 Å². The number of hydrogen-bond acceptors (Lipinski definition) is 2. The SMILES string of the molecule is CCNC(=NCc1ccc(C)cc1C)NCCc1cccnc1.I. The number of nitrogens with zero attached hydrogens (tertiary/aromatic N) is 2. The number of pyridine rings is 1. The van der Waals surface area contributed by atoms with Crippen LogP contribution in [0.3, 0.4) is 0 Å². The zero-order valence-corrected chi connectivity index (χ0v) is 17.0. The Bertz CT molecular complexity index is 641. The van der Waals surface area contributed by atoms with Crippen LogP contribution >= 0.6 is 24.0 Å². The molecule has 2 N–H and O–H groups in total.